The van der Waals surface area contributed by atoms with E-state index in [1.54, 1.807) is 18.3 Å². The van der Waals surface area contributed by atoms with Crippen LogP contribution in [0.2, 0.25) is 5.02 Å². The minimum absolute atomic E-state index is 0.166. The molecule has 2 aromatic rings. The molecule has 102 valence electrons. The van der Waals surface area contributed by atoms with Crippen molar-refractivity contribution in [3.05, 3.63) is 69.2 Å². The van der Waals surface area contributed by atoms with E-state index >= 15 is 0 Å². The van der Waals surface area contributed by atoms with E-state index in [2.05, 4.69) is 26.5 Å². The average Bonchev–Trinajstić information content (AvgIpc) is 2.44. The van der Waals surface area contributed by atoms with Crippen LogP contribution in [-0.4, -0.2) is 12.1 Å². The minimum atomic E-state index is -0.166. The van der Waals surface area contributed by atoms with Gasteiger partial charge in [0.1, 0.15) is 0 Å². The molecule has 1 amide bonds. The Morgan fingerprint density at radius 3 is 2.45 bits per heavy atom. The molecule has 1 N–H and O–H groups in total. The first-order valence-corrected chi connectivity index (χ1v) is 7.12. The zero-order chi connectivity index (χ0) is 14.4. The van der Waals surface area contributed by atoms with Crippen LogP contribution in [0.4, 0.5) is 0 Å². The maximum absolute atomic E-state index is 11.7. The summed E-state index contributed by atoms with van der Waals surface area (Å²) in [5.74, 6) is -0.166. The van der Waals surface area contributed by atoms with Crippen molar-refractivity contribution in [3.8, 4) is 0 Å². The van der Waals surface area contributed by atoms with E-state index in [0.717, 1.165) is 15.6 Å². The Bertz CT molecular complexity index is 609. The Kier molecular flexibility index (Phi) is 5.32. The molecule has 5 heteroatoms. The van der Waals surface area contributed by atoms with Gasteiger partial charge >= 0.3 is 0 Å². The molecule has 0 aromatic heterocycles. The van der Waals surface area contributed by atoms with Gasteiger partial charge in [-0.1, -0.05) is 51.8 Å². The number of halogens is 2. The molecule has 3 nitrogen and oxygen atoms in total. The van der Waals surface area contributed by atoms with Gasteiger partial charge in [0.25, 0.3) is 0 Å². The molecule has 0 unspecified atom stereocenters. The second kappa shape index (κ2) is 7.22. The Morgan fingerprint density at radius 1 is 1.15 bits per heavy atom. The van der Waals surface area contributed by atoms with Gasteiger partial charge in [0.2, 0.25) is 5.91 Å². The van der Waals surface area contributed by atoms with Gasteiger partial charge in [-0.25, -0.2) is 5.43 Å². The third-order valence-corrected chi connectivity index (χ3v) is 3.33. The fraction of sp³-hybridized carbons (Fsp3) is 0.0667. The number of nitrogens with zero attached hydrogens (tertiary/aromatic N) is 1. The van der Waals surface area contributed by atoms with Gasteiger partial charge in [0.05, 0.1) is 12.6 Å². The Hall–Kier alpha value is -1.65. The van der Waals surface area contributed by atoms with Crippen LogP contribution in [0.1, 0.15) is 11.1 Å². The molecule has 0 aliphatic rings. The molecule has 0 atom stereocenters. The van der Waals surface area contributed by atoms with Crippen LogP contribution in [0.25, 0.3) is 0 Å². The van der Waals surface area contributed by atoms with Crippen molar-refractivity contribution >= 4 is 39.7 Å². The molecule has 2 aromatic carbocycles. The van der Waals surface area contributed by atoms with Gasteiger partial charge in [-0.3, -0.25) is 4.79 Å². The van der Waals surface area contributed by atoms with E-state index in [-0.39, 0.29) is 12.3 Å². The van der Waals surface area contributed by atoms with E-state index < -0.39 is 0 Å². The normalized spacial score (nSPS) is 10.7. The number of hydrogen-bond acceptors (Lipinski definition) is 2. The first-order chi connectivity index (χ1) is 9.63. The highest BCUT2D eigenvalue weighted by molar-refractivity contribution is 9.10. The fourth-order valence-corrected chi connectivity index (χ4v) is 1.95. The molecule has 0 bridgehead atoms. The maximum atomic E-state index is 11.7. The van der Waals surface area contributed by atoms with Gasteiger partial charge < -0.3 is 0 Å². The minimum Gasteiger partial charge on any atom is -0.273 e. The summed E-state index contributed by atoms with van der Waals surface area (Å²) in [6.07, 6.45) is 1.88. The van der Waals surface area contributed by atoms with Gasteiger partial charge in [-0.05, 0) is 35.4 Å². The maximum Gasteiger partial charge on any atom is 0.244 e. The zero-order valence-electron chi connectivity index (χ0n) is 10.5. The molecular formula is C15H12BrClN2O. The predicted octanol–water partition coefficient (Wildman–Crippen LogP) is 3.80. The Labute approximate surface area is 130 Å². The number of carbonyl (C=O) groups excluding carboxylic acids is 1. The summed E-state index contributed by atoms with van der Waals surface area (Å²) in [6.45, 7) is 0. The summed E-state index contributed by atoms with van der Waals surface area (Å²) in [6, 6.07) is 14.8. The van der Waals surface area contributed by atoms with Crippen molar-refractivity contribution in [2.45, 2.75) is 6.42 Å². The predicted molar refractivity (Wildman–Crippen MR) is 85.0 cm³/mol. The first-order valence-electron chi connectivity index (χ1n) is 5.95. The lowest BCUT2D eigenvalue weighted by atomic mass is 10.1. The molecule has 0 aliphatic heterocycles. The lowest BCUT2D eigenvalue weighted by Gasteiger charge is -2.00. The van der Waals surface area contributed by atoms with Gasteiger partial charge in [0, 0.05) is 9.50 Å². The summed E-state index contributed by atoms with van der Waals surface area (Å²) >= 11 is 9.14. The van der Waals surface area contributed by atoms with Crippen molar-refractivity contribution in [1.82, 2.24) is 5.43 Å². The smallest absolute Gasteiger partial charge is 0.244 e. The van der Waals surface area contributed by atoms with E-state index in [1.165, 1.54) is 0 Å². The van der Waals surface area contributed by atoms with Crippen molar-refractivity contribution in [3.63, 3.8) is 0 Å². The number of hydrazone groups is 1. The number of hydrogen-bond donors (Lipinski definition) is 1. The summed E-state index contributed by atoms with van der Waals surface area (Å²) in [4.78, 5) is 11.7. The molecule has 2 rings (SSSR count). The Morgan fingerprint density at radius 2 is 1.80 bits per heavy atom. The van der Waals surface area contributed by atoms with Crippen LogP contribution in [0.15, 0.2) is 58.1 Å². The second-order valence-electron chi connectivity index (χ2n) is 4.15. The first kappa shape index (κ1) is 14.8. The summed E-state index contributed by atoms with van der Waals surface area (Å²) in [7, 11) is 0. The number of amides is 1. The van der Waals surface area contributed by atoms with Crippen molar-refractivity contribution < 1.29 is 4.79 Å². The monoisotopic (exact) mass is 350 g/mol. The van der Waals surface area contributed by atoms with Crippen LogP contribution in [0.3, 0.4) is 0 Å². The SMILES string of the molecule is O=C(Cc1ccc(Cl)cc1)NN=Cc1ccc(Br)cc1. The third-order valence-electron chi connectivity index (χ3n) is 2.55. The molecule has 0 heterocycles. The van der Waals surface area contributed by atoms with Crippen LogP contribution in [0.5, 0.6) is 0 Å². The highest BCUT2D eigenvalue weighted by Gasteiger charge is 2.01. The van der Waals surface area contributed by atoms with Crippen LogP contribution in [0, 0.1) is 0 Å². The average molecular weight is 352 g/mol. The van der Waals surface area contributed by atoms with E-state index in [4.69, 9.17) is 11.6 Å². The van der Waals surface area contributed by atoms with Crippen LogP contribution < -0.4 is 5.43 Å². The molecule has 0 saturated carbocycles. The molecule has 0 saturated heterocycles. The standard InChI is InChI=1S/C15H12BrClN2O/c16-13-5-1-12(2-6-13)10-18-19-15(20)9-11-3-7-14(17)8-4-11/h1-8,10H,9H2,(H,19,20). The summed E-state index contributed by atoms with van der Waals surface area (Å²) < 4.78 is 1.00. The lowest BCUT2D eigenvalue weighted by Crippen LogP contribution is -2.19. The summed E-state index contributed by atoms with van der Waals surface area (Å²) in [5.41, 5.74) is 4.31. The molecule has 0 spiro atoms. The molecule has 0 fully saturated rings. The molecular weight excluding hydrogens is 340 g/mol. The van der Waals surface area contributed by atoms with Gasteiger partial charge in [0.15, 0.2) is 0 Å². The second-order valence-corrected chi connectivity index (χ2v) is 5.50. The van der Waals surface area contributed by atoms with E-state index in [0.29, 0.717) is 5.02 Å². The van der Waals surface area contributed by atoms with Crippen molar-refractivity contribution in [1.29, 1.82) is 0 Å². The number of benzene rings is 2. The number of rotatable bonds is 4. The highest BCUT2D eigenvalue weighted by Crippen LogP contribution is 2.10. The van der Waals surface area contributed by atoms with Gasteiger partial charge in [-0.2, -0.15) is 5.10 Å². The van der Waals surface area contributed by atoms with Crippen LogP contribution >= 0.6 is 27.5 Å². The topological polar surface area (TPSA) is 41.5 Å². The van der Waals surface area contributed by atoms with Crippen LogP contribution in [-0.2, 0) is 11.2 Å². The number of carbonyl (C=O) groups is 1. The highest BCUT2D eigenvalue weighted by atomic mass is 79.9. The quantitative estimate of drug-likeness (QED) is 0.661. The summed E-state index contributed by atoms with van der Waals surface area (Å²) in [5, 5.41) is 4.57. The lowest BCUT2D eigenvalue weighted by molar-refractivity contribution is -0.120. The fourth-order valence-electron chi connectivity index (χ4n) is 1.55. The molecule has 0 radical (unpaired) electrons. The van der Waals surface area contributed by atoms with Crippen molar-refractivity contribution in [2.75, 3.05) is 0 Å². The third kappa shape index (κ3) is 4.79. The Balaban J connectivity index is 1.85. The van der Waals surface area contributed by atoms with E-state index in [9.17, 15) is 4.79 Å². The van der Waals surface area contributed by atoms with E-state index in [1.807, 2.05) is 36.4 Å². The van der Waals surface area contributed by atoms with Crippen molar-refractivity contribution in [2.24, 2.45) is 5.10 Å². The number of nitrogens with one attached hydrogen (secondary N) is 1. The molecule has 0 aliphatic carbocycles. The van der Waals surface area contributed by atoms with Gasteiger partial charge in [-0.15, -0.1) is 0 Å². The molecule has 20 heavy (non-hydrogen) atoms. The largest absolute Gasteiger partial charge is 0.273 e. The zero-order valence-corrected chi connectivity index (χ0v) is 12.9.